The zero-order valence-electron chi connectivity index (χ0n) is 8.73. The SMILES string of the molecule is CCCOc1cncc(C(O)CC)c1. The van der Waals surface area contributed by atoms with E-state index in [0.29, 0.717) is 13.0 Å². The van der Waals surface area contributed by atoms with Gasteiger partial charge in [-0.25, -0.2) is 0 Å². The third-order valence-corrected chi connectivity index (χ3v) is 1.98. The Kier molecular flexibility index (Phi) is 4.40. The molecule has 0 saturated carbocycles. The van der Waals surface area contributed by atoms with Crippen molar-refractivity contribution in [2.45, 2.75) is 32.8 Å². The number of ether oxygens (including phenoxy) is 1. The molecule has 0 bridgehead atoms. The average Bonchev–Trinajstić information content (AvgIpc) is 2.25. The summed E-state index contributed by atoms with van der Waals surface area (Å²) >= 11 is 0. The van der Waals surface area contributed by atoms with Crippen molar-refractivity contribution in [1.82, 2.24) is 4.98 Å². The first-order valence-electron chi connectivity index (χ1n) is 5.03. The van der Waals surface area contributed by atoms with Gasteiger partial charge in [-0.1, -0.05) is 13.8 Å². The number of hydrogen-bond donors (Lipinski definition) is 1. The predicted molar refractivity (Wildman–Crippen MR) is 55.3 cm³/mol. The summed E-state index contributed by atoms with van der Waals surface area (Å²) in [6.45, 7) is 4.68. The minimum atomic E-state index is -0.437. The summed E-state index contributed by atoms with van der Waals surface area (Å²) in [7, 11) is 0. The standard InChI is InChI=1S/C11H17NO2/c1-3-5-14-10-6-9(7-12-8-10)11(13)4-2/h6-8,11,13H,3-5H2,1-2H3. The van der Waals surface area contributed by atoms with Crippen molar-refractivity contribution < 1.29 is 9.84 Å². The first kappa shape index (κ1) is 11.0. The average molecular weight is 195 g/mol. The predicted octanol–water partition coefficient (Wildman–Crippen LogP) is 2.31. The summed E-state index contributed by atoms with van der Waals surface area (Å²) in [4.78, 5) is 4.02. The molecule has 0 aliphatic carbocycles. The molecular weight excluding hydrogens is 178 g/mol. The Labute approximate surface area is 84.7 Å². The number of aromatic nitrogens is 1. The zero-order valence-corrected chi connectivity index (χ0v) is 8.73. The molecule has 1 heterocycles. The van der Waals surface area contributed by atoms with Crippen molar-refractivity contribution in [3.63, 3.8) is 0 Å². The number of aliphatic hydroxyl groups is 1. The van der Waals surface area contributed by atoms with E-state index >= 15 is 0 Å². The van der Waals surface area contributed by atoms with Crippen LogP contribution in [0.1, 0.15) is 38.4 Å². The summed E-state index contributed by atoms with van der Waals surface area (Å²) in [5, 5.41) is 9.58. The van der Waals surface area contributed by atoms with Gasteiger partial charge in [0.1, 0.15) is 5.75 Å². The molecule has 3 heteroatoms. The van der Waals surface area contributed by atoms with Gasteiger partial charge in [-0.3, -0.25) is 4.98 Å². The summed E-state index contributed by atoms with van der Waals surface area (Å²) in [6, 6.07) is 1.84. The van der Waals surface area contributed by atoms with Crippen molar-refractivity contribution in [3.05, 3.63) is 24.0 Å². The highest BCUT2D eigenvalue weighted by Gasteiger charge is 2.05. The highest BCUT2D eigenvalue weighted by molar-refractivity contribution is 5.24. The van der Waals surface area contributed by atoms with Gasteiger partial charge in [-0.05, 0) is 18.9 Å². The topological polar surface area (TPSA) is 42.4 Å². The molecule has 1 aromatic heterocycles. The van der Waals surface area contributed by atoms with Gasteiger partial charge in [0.05, 0.1) is 18.9 Å². The van der Waals surface area contributed by atoms with Crippen LogP contribution < -0.4 is 4.74 Å². The van der Waals surface area contributed by atoms with Crippen molar-refractivity contribution in [3.8, 4) is 5.75 Å². The summed E-state index contributed by atoms with van der Waals surface area (Å²) in [5.41, 5.74) is 0.820. The summed E-state index contributed by atoms with van der Waals surface area (Å²) < 4.78 is 5.42. The van der Waals surface area contributed by atoms with Crippen LogP contribution in [-0.4, -0.2) is 16.7 Å². The third kappa shape index (κ3) is 3.00. The van der Waals surface area contributed by atoms with Gasteiger partial charge in [0.2, 0.25) is 0 Å². The van der Waals surface area contributed by atoms with Gasteiger partial charge < -0.3 is 9.84 Å². The first-order valence-corrected chi connectivity index (χ1v) is 5.03. The lowest BCUT2D eigenvalue weighted by atomic mass is 10.1. The fourth-order valence-corrected chi connectivity index (χ4v) is 1.15. The van der Waals surface area contributed by atoms with Gasteiger partial charge in [-0.2, -0.15) is 0 Å². The van der Waals surface area contributed by atoms with E-state index in [0.717, 1.165) is 17.7 Å². The number of nitrogens with zero attached hydrogens (tertiary/aromatic N) is 1. The molecule has 1 N–H and O–H groups in total. The van der Waals surface area contributed by atoms with Crippen molar-refractivity contribution >= 4 is 0 Å². The Morgan fingerprint density at radius 3 is 2.86 bits per heavy atom. The lowest BCUT2D eigenvalue weighted by molar-refractivity contribution is 0.172. The molecule has 0 amide bonds. The monoisotopic (exact) mass is 195 g/mol. The Bertz CT molecular complexity index is 276. The molecule has 3 nitrogen and oxygen atoms in total. The molecule has 14 heavy (non-hydrogen) atoms. The lowest BCUT2D eigenvalue weighted by Crippen LogP contribution is -1.99. The maximum Gasteiger partial charge on any atom is 0.137 e. The molecule has 0 radical (unpaired) electrons. The van der Waals surface area contributed by atoms with Crippen LogP contribution in [0, 0.1) is 0 Å². The minimum absolute atomic E-state index is 0.437. The van der Waals surface area contributed by atoms with E-state index in [9.17, 15) is 5.11 Å². The maximum absolute atomic E-state index is 9.58. The van der Waals surface area contributed by atoms with Crippen LogP contribution in [0.4, 0.5) is 0 Å². The molecule has 0 spiro atoms. The van der Waals surface area contributed by atoms with Crippen LogP contribution in [0.3, 0.4) is 0 Å². The van der Waals surface area contributed by atoms with Crippen molar-refractivity contribution in [2.75, 3.05) is 6.61 Å². The van der Waals surface area contributed by atoms with Gasteiger partial charge in [0, 0.05) is 11.8 Å². The summed E-state index contributed by atoms with van der Waals surface area (Å²) in [5.74, 6) is 0.733. The molecule has 0 saturated heterocycles. The molecule has 0 aromatic carbocycles. The largest absolute Gasteiger partial charge is 0.492 e. The Hall–Kier alpha value is -1.09. The normalized spacial score (nSPS) is 12.5. The van der Waals surface area contributed by atoms with Crippen LogP contribution in [-0.2, 0) is 0 Å². The van der Waals surface area contributed by atoms with E-state index in [2.05, 4.69) is 11.9 Å². The first-order chi connectivity index (χ1) is 6.77. The second-order valence-electron chi connectivity index (χ2n) is 3.23. The highest BCUT2D eigenvalue weighted by atomic mass is 16.5. The van der Waals surface area contributed by atoms with Gasteiger partial charge in [0.25, 0.3) is 0 Å². The molecule has 1 aromatic rings. The van der Waals surface area contributed by atoms with Crippen LogP contribution in [0.15, 0.2) is 18.5 Å². The number of aliphatic hydroxyl groups excluding tert-OH is 1. The smallest absolute Gasteiger partial charge is 0.137 e. The van der Waals surface area contributed by atoms with Gasteiger partial charge in [0.15, 0.2) is 0 Å². The molecule has 1 unspecified atom stereocenters. The number of rotatable bonds is 5. The number of hydrogen-bond acceptors (Lipinski definition) is 3. The van der Waals surface area contributed by atoms with Gasteiger partial charge in [-0.15, -0.1) is 0 Å². The fraction of sp³-hybridized carbons (Fsp3) is 0.545. The molecule has 78 valence electrons. The zero-order chi connectivity index (χ0) is 10.4. The van der Waals surface area contributed by atoms with Gasteiger partial charge >= 0.3 is 0 Å². The van der Waals surface area contributed by atoms with Crippen molar-refractivity contribution in [1.29, 1.82) is 0 Å². The van der Waals surface area contributed by atoms with Crippen LogP contribution in [0.25, 0.3) is 0 Å². The number of pyridine rings is 1. The van der Waals surface area contributed by atoms with Crippen LogP contribution in [0.5, 0.6) is 5.75 Å². The van der Waals surface area contributed by atoms with Crippen LogP contribution >= 0.6 is 0 Å². The second-order valence-corrected chi connectivity index (χ2v) is 3.23. The Morgan fingerprint density at radius 1 is 1.43 bits per heavy atom. The molecule has 0 aliphatic heterocycles. The molecular formula is C11H17NO2. The van der Waals surface area contributed by atoms with Crippen LogP contribution in [0.2, 0.25) is 0 Å². The van der Waals surface area contributed by atoms with Crippen molar-refractivity contribution in [2.24, 2.45) is 0 Å². The molecule has 1 rings (SSSR count). The molecule has 0 fully saturated rings. The Balaban J connectivity index is 2.68. The van der Waals surface area contributed by atoms with E-state index < -0.39 is 6.10 Å². The summed E-state index contributed by atoms with van der Waals surface area (Å²) in [6.07, 6.45) is 4.57. The minimum Gasteiger partial charge on any atom is -0.492 e. The van der Waals surface area contributed by atoms with E-state index in [4.69, 9.17) is 4.74 Å². The highest BCUT2D eigenvalue weighted by Crippen LogP contribution is 2.19. The van der Waals surface area contributed by atoms with E-state index in [-0.39, 0.29) is 0 Å². The van der Waals surface area contributed by atoms with E-state index in [1.54, 1.807) is 12.4 Å². The maximum atomic E-state index is 9.58. The Morgan fingerprint density at radius 2 is 2.21 bits per heavy atom. The quantitative estimate of drug-likeness (QED) is 0.784. The van der Waals surface area contributed by atoms with E-state index in [1.165, 1.54) is 0 Å². The molecule has 0 aliphatic rings. The lowest BCUT2D eigenvalue weighted by Gasteiger charge is -2.09. The fourth-order valence-electron chi connectivity index (χ4n) is 1.15. The second kappa shape index (κ2) is 5.60. The molecule has 1 atom stereocenters. The third-order valence-electron chi connectivity index (χ3n) is 1.98. The van der Waals surface area contributed by atoms with E-state index in [1.807, 2.05) is 13.0 Å².